The first-order valence-corrected chi connectivity index (χ1v) is 3.67. The Morgan fingerprint density at radius 2 is 2.09 bits per heavy atom. The van der Waals surface area contributed by atoms with Crippen LogP contribution in [0.4, 0.5) is 4.39 Å². The van der Waals surface area contributed by atoms with Crippen LogP contribution in [0.3, 0.4) is 0 Å². The van der Waals surface area contributed by atoms with Crippen molar-refractivity contribution >= 4 is 0 Å². The van der Waals surface area contributed by atoms with E-state index in [9.17, 15) is 4.39 Å². The van der Waals surface area contributed by atoms with E-state index < -0.39 is 0 Å². The van der Waals surface area contributed by atoms with Crippen LogP contribution in [0.5, 0.6) is 0 Å². The van der Waals surface area contributed by atoms with Crippen LogP contribution in [0.15, 0.2) is 0 Å². The van der Waals surface area contributed by atoms with Crippen LogP contribution in [-0.4, -0.2) is 31.7 Å². The Hall–Kier alpha value is -0.620. The Labute approximate surface area is 67.6 Å². The first-order chi connectivity index (χ1) is 5.02. The summed E-state index contributed by atoms with van der Waals surface area (Å²) in [5.74, 6) is 0. The summed E-state index contributed by atoms with van der Waals surface area (Å²) in [7, 11) is 1.82. The standard InChI is InChI=1S/C8H15FN2/c1-8(2,6-10)7-11(3)5-4-9/h4-5,7H2,1-3H3. The van der Waals surface area contributed by atoms with E-state index >= 15 is 0 Å². The van der Waals surface area contributed by atoms with Gasteiger partial charge in [-0.1, -0.05) is 0 Å². The van der Waals surface area contributed by atoms with Gasteiger partial charge in [-0.2, -0.15) is 5.26 Å². The van der Waals surface area contributed by atoms with E-state index in [0.717, 1.165) is 0 Å². The smallest absolute Gasteiger partial charge is 0.102 e. The zero-order valence-corrected chi connectivity index (χ0v) is 7.39. The van der Waals surface area contributed by atoms with Crippen LogP contribution >= 0.6 is 0 Å². The second-order valence-corrected chi connectivity index (χ2v) is 3.42. The van der Waals surface area contributed by atoms with Crippen molar-refractivity contribution in [3.8, 4) is 6.07 Å². The topological polar surface area (TPSA) is 27.0 Å². The maximum absolute atomic E-state index is 11.8. The van der Waals surface area contributed by atoms with Gasteiger partial charge in [0.25, 0.3) is 0 Å². The molecule has 11 heavy (non-hydrogen) atoms. The van der Waals surface area contributed by atoms with Gasteiger partial charge in [0.05, 0.1) is 11.5 Å². The van der Waals surface area contributed by atoms with Crippen LogP contribution < -0.4 is 0 Å². The molecule has 0 aliphatic rings. The lowest BCUT2D eigenvalue weighted by Crippen LogP contribution is -2.31. The van der Waals surface area contributed by atoms with Gasteiger partial charge in [0.1, 0.15) is 6.67 Å². The normalized spacial score (nSPS) is 11.6. The molecule has 0 bridgehead atoms. The summed E-state index contributed by atoms with van der Waals surface area (Å²) in [6, 6.07) is 2.17. The van der Waals surface area contributed by atoms with Gasteiger partial charge in [0, 0.05) is 13.1 Å². The van der Waals surface area contributed by atoms with Crippen molar-refractivity contribution < 1.29 is 4.39 Å². The number of nitrogens with zero attached hydrogens (tertiary/aromatic N) is 2. The van der Waals surface area contributed by atoms with Crippen molar-refractivity contribution in [2.45, 2.75) is 13.8 Å². The summed E-state index contributed by atoms with van der Waals surface area (Å²) in [6.07, 6.45) is 0. The molecule has 0 rings (SSSR count). The van der Waals surface area contributed by atoms with Crippen molar-refractivity contribution in [1.29, 1.82) is 5.26 Å². The number of alkyl halides is 1. The fourth-order valence-corrected chi connectivity index (χ4v) is 0.933. The molecule has 0 unspecified atom stereocenters. The fourth-order valence-electron chi connectivity index (χ4n) is 0.933. The van der Waals surface area contributed by atoms with E-state index in [-0.39, 0.29) is 12.1 Å². The lowest BCUT2D eigenvalue weighted by molar-refractivity contribution is 0.236. The molecule has 0 atom stereocenters. The van der Waals surface area contributed by atoms with Gasteiger partial charge < -0.3 is 4.90 Å². The fraction of sp³-hybridized carbons (Fsp3) is 0.875. The zero-order valence-electron chi connectivity index (χ0n) is 7.39. The van der Waals surface area contributed by atoms with Gasteiger partial charge in [0.2, 0.25) is 0 Å². The molecule has 0 radical (unpaired) electrons. The molecule has 0 aromatic heterocycles. The monoisotopic (exact) mass is 158 g/mol. The molecule has 0 saturated carbocycles. The van der Waals surface area contributed by atoms with Gasteiger partial charge in [0.15, 0.2) is 0 Å². The highest BCUT2D eigenvalue weighted by molar-refractivity contribution is 4.93. The van der Waals surface area contributed by atoms with Crippen molar-refractivity contribution in [2.75, 3.05) is 26.8 Å². The van der Waals surface area contributed by atoms with Crippen LogP contribution in [0.25, 0.3) is 0 Å². The van der Waals surface area contributed by atoms with E-state index in [0.29, 0.717) is 13.1 Å². The minimum absolute atomic E-state index is 0.349. The molecule has 0 aromatic rings. The summed E-state index contributed by atoms with van der Waals surface area (Å²) >= 11 is 0. The molecule has 0 heterocycles. The van der Waals surface area contributed by atoms with E-state index in [1.165, 1.54) is 0 Å². The summed E-state index contributed by atoms with van der Waals surface area (Å²) in [5.41, 5.74) is -0.371. The minimum Gasteiger partial charge on any atom is -0.302 e. The number of hydrogen-bond donors (Lipinski definition) is 0. The second-order valence-electron chi connectivity index (χ2n) is 3.42. The quantitative estimate of drug-likeness (QED) is 0.619. The predicted octanol–water partition coefficient (Wildman–Crippen LogP) is 1.44. The van der Waals surface area contributed by atoms with Crippen molar-refractivity contribution in [2.24, 2.45) is 5.41 Å². The van der Waals surface area contributed by atoms with Crippen LogP contribution in [0, 0.1) is 16.7 Å². The van der Waals surface area contributed by atoms with E-state index in [1.807, 2.05) is 25.8 Å². The lowest BCUT2D eigenvalue weighted by atomic mass is 9.95. The number of hydrogen-bond acceptors (Lipinski definition) is 2. The zero-order chi connectivity index (χ0) is 8.91. The molecule has 0 aromatic carbocycles. The largest absolute Gasteiger partial charge is 0.302 e. The third-order valence-electron chi connectivity index (χ3n) is 1.43. The van der Waals surface area contributed by atoms with Gasteiger partial charge in [-0.3, -0.25) is 0 Å². The molecule has 64 valence electrons. The molecule has 0 aliphatic carbocycles. The first-order valence-electron chi connectivity index (χ1n) is 3.67. The van der Waals surface area contributed by atoms with E-state index in [1.54, 1.807) is 0 Å². The Morgan fingerprint density at radius 1 is 1.55 bits per heavy atom. The summed E-state index contributed by atoms with van der Waals surface area (Å²) < 4.78 is 11.8. The van der Waals surface area contributed by atoms with Crippen LogP contribution in [0.1, 0.15) is 13.8 Å². The summed E-state index contributed by atoms with van der Waals surface area (Å²) in [5, 5.41) is 8.64. The molecule has 0 amide bonds. The Morgan fingerprint density at radius 3 is 2.45 bits per heavy atom. The van der Waals surface area contributed by atoms with E-state index in [2.05, 4.69) is 6.07 Å². The third-order valence-corrected chi connectivity index (χ3v) is 1.43. The Bertz CT molecular complexity index is 149. The molecule has 0 spiro atoms. The summed E-state index contributed by atoms with van der Waals surface area (Å²) in [4.78, 5) is 1.82. The second kappa shape index (κ2) is 4.30. The van der Waals surface area contributed by atoms with Crippen LogP contribution in [-0.2, 0) is 0 Å². The highest BCUT2D eigenvalue weighted by Gasteiger charge is 2.18. The average molecular weight is 158 g/mol. The lowest BCUT2D eigenvalue weighted by Gasteiger charge is -2.22. The number of rotatable bonds is 4. The van der Waals surface area contributed by atoms with Gasteiger partial charge in [-0.05, 0) is 20.9 Å². The van der Waals surface area contributed by atoms with Gasteiger partial charge in [-0.15, -0.1) is 0 Å². The average Bonchev–Trinajstić information content (AvgIpc) is 1.87. The van der Waals surface area contributed by atoms with Crippen molar-refractivity contribution in [1.82, 2.24) is 4.90 Å². The predicted molar refractivity (Wildman–Crippen MR) is 42.9 cm³/mol. The highest BCUT2D eigenvalue weighted by atomic mass is 19.1. The molecule has 0 N–H and O–H groups in total. The first kappa shape index (κ1) is 10.4. The Kier molecular flexibility index (Phi) is 4.06. The third kappa shape index (κ3) is 4.74. The van der Waals surface area contributed by atoms with Gasteiger partial charge in [-0.25, -0.2) is 4.39 Å². The van der Waals surface area contributed by atoms with Gasteiger partial charge >= 0.3 is 0 Å². The van der Waals surface area contributed by atoms with Crippen LogP contribution in [0.2, 0.25) is 0 Å². The van der Waals surface area contributed by atoms with E-state index in [4.69, 9.17) is 5.26 Å². The molecule has 0 saturated heterocycles. The maximum atomic E-state index is 11.8. The number of nitriles is 1. The molecular weight excluding hydrogens is 143 g/mol. The van der Waals surface area contributed by atoms with Crippen molar-refractivity contribution in [3.05, 3.63) is 0 Å². The highest BCUT2D eigenvalue weighted by Crippen LogP contribution is 2.13. The summed E-state index contributed by atoms with van der Waals surface area (Å²) in [6.45, 7) is 4.38. The van der Waals surface area contributed by atoms with Crippen molar-refractivity contribution in [3.63, 3.8) is 0 Å². The molecule has 0 aliphatic heterocycles. The molecule has 2 nitrogen and oxygen atoms in total. The SMILES string of the molecule is CN(CCF)CC(C)(C)C#N. The number of halogens is 1. The maximum Gasteiger partial charge on any atom is 0.102 e. The Balaban J connectivity index is 3.76. The molecular formula is C8H15FN2. The molecule has 3 heteroatoms. The minimum atomic E-state index is -0.371. The molecule has 0 fully saturated rings.